The first-order valence-electron chi connectivity index (χ1n) is 15.6. The Balaban J connectivity index is 1.36. The standard InChI is InChI=1S/C35H41N3O5S/c1-5-21(3)27(20-39)38-30(32(41)37-25-12-11-22-9-7-8-10-23(22)19-25)35-18-17-34(4,44-35)28(29(35)33(38)42)31(40)36-24-13-15-26(16-14-24)43-6-2/h7-16,19,21,27-30,39H,5-6,17-18,20H2,1-4H3,(H,36,40)(H,37,41)/t21-,27-,28+,29-,30?,34-,35?/m0/s1. The molecule has 9 heteroatoms. The molecule has 232 valence electrons. The number of benzene rings is 3. The van der Waals surface area contributed by atoms with Gasteiger partial charge in [-0.25, -0.2) is 0 Å². The van der Waals surface area contributed by atoms with Gasteiger partial charge in [-0.15, -0.1) is 11.8 Å². The Morgan fingerprint density at radius 3 is 2.36 bits per heavy atom. The van der Waals surface area contributed by atoms with Crippen LogP contribution in [0.2, 0.25) is 0 Å². The molecule has 3 fully saturated rings. The Kier molecular flexibility index (Phi) is 8.13. The molecule has 0 saturated carbocycles. The maximum Gasteiger partial charge on any atom is 0.248 e. The molecule has 6 rings (SSSR count). The molecule has 7 atom stereocenters. The van der Waals surface area contributed by atoms with Crippen molar-refractivity contribution in [2.45, 2.75) is 68.5 Å². The van der Waals surface area contributed by atoms with Gasteiger partial charge in [-0.3, -0.25) is 14.4 Å². The molecule has 1 spiro atoms. The Morgan fingerprint density at radius 2 is 1.68 bits per heavy atom. The van der Waals surface area contributed by atoms with E-state index in [1.807, 2.05) is 75.4 Å². The Bertz CT molecular complexity index is 1580. The number of rotatable bonds is 10. The van der Waals surface area contributed by atoms with Gasteiger partial charge >= 0.3 is 0 Å². The number of thioether (sulfide) groups is 1. The third-order valence-electron chi connectivity index (χ3n) is 10.0. The highest BCUT2D eigenvalue weighted by Gasteiger charge is 2.77. The van der Waals surface area contributed by atoms with E-state index in [4.69, 9.17) is 4.74 Å². The number of anilines is 2. The number of hydrogen-bond donors (Lipinski definition) is 3. The lowest BCUT2D eigenvalue weighted by atomic mass is 9.66. The normalized spacial score (nSPS) is 28.5. The molecule has 3 N–H and O–H groups in total. The monoisotopic (exact) mass is 615 g/mol. The molecule has 3 heterocycles. The van der Waals surface area contributed by atoms with Gasteiger partial charge in [-0.05, 0) is 79.8 Å². The number of likely N-dealkylation sites (tertiary alicyclic amines) is 1. The fourth-order valence-electron chi connectivity index (χ4n) is 7.73. The van der Waals surface area contributed by atoms with Crippen LogP contribution in [0.5, 0.6) is 5.75 Å². The van der Waals surface area contributed by atoms with Crippen molar-refractivity contribution in [3.63, 3.8) is 0 Å². The maximum absolute atomic E-state index is 14.6. The van der Waals surface area contributed by atoms with Crippen LogP contribution < -0.4 is 15.4 Å². The lowest BCUT2D eigenvalue weighted by Gasteiger charge is -2.39. The smallest absolute Gasteiger partial charge is 0.248 e. The summed E-state index contributed by atoms with van der Waals surface area (Å²) in [6.07, 6.45) is 2.09. The predicted molar refractivity (Wildman–Crippen MR) is 175 cm³/mol. The van der Waals surface area contributed by atoms with Crippen molar-refractivity contribution in [2.24, 2.45) is 17.8 Å². The summed E-state index contributed by atoms with van der Waals surface area (Å²) < 4.78 is 4.25. The van der Waals surface area contributed by atoms with E-state index in [9.17, 15) is 19.5 Å². The molecule has 8 nitrogen and oxygen atoms in total. The van der Waals surface area contributed by atoms with E-state index in [1.165, 1.54) is 0 Å². The van der Waals surface area contributed by atoms with Crippen LogP contribution in [0.25, 0.3) is 10.8 Å². The number of amides is 3. The van der Waals surface area contributed by atoms with Gasteiger partial charge < -0.3 is 25.4 Å². The molecular weight excluding hydrogens is 574 g/mol. The number of nitrogens with one attached hydrogen (secondary N) is 2. The SMILES string of the molecule is CCOc1ccc(NC(=O)[C@H]2[C@H]3C(=O)N([C@@H](CO)[C@@H](C)CC)C(C(=O)Nc4ccc5ccccc5c4)C34CC[C@]2(C)S4)cc1. The van der Waals surface area contributed by atoms with Crippen LogP contribution in [0.15, 0.2) is 66.7 Å². The largest absolute Gasteiger partial charge is 0.494 e. The van der Waals surface area contributed by atoms with E-state index >= 15 is 0 Å². The molecule has 3 aromatic carbocycles. The molecule has 3 aliphatic heterocycles. The fourth-order valence-corrected chi connectivity index (χ4v) is 10.1. The summed E-state index contributed by atoms with van der Waals surface area (Å²) in [5, 5.41) is 18.9. The minimum atomic E-state index is -0.826. The van der Waals surface area contributed by atoms with Gasteiger partial charge in [-0.2, -0.15) is 0 Å². The first-order valence-corrected chi connectivity index (χ1v) is 16.4. The summed E-state index contributed by atoms with van der Waals surface area (Å²) in [6, 6.07) is 19.6. The molecule has 3 aliphatic rings. The Hall–Kier alpha value is -3.56. The minimum absolute atomic E-state index is 0.0379. The van der Waals surface area contributed by atoms with E-state index in [-0.39, 0.29) is 30.2 Å². The van der Waals surface area contributed by atoms with E-state index in [1.54, 1.807) is 28.8 Å². The van der Waals surface area contributed by atoms with Crippen LogP contribution in [0, 0.1) is 17.8 Å². The second-order valence-electron chi connectivity index (χ2n) is 12.6. The highest BCUT2D eigenvalue weighted by atomic mass is 32.2. The summed E-state index contributed by atoms with van der Waals surface area (Å²) in [7, 11) is 0. The summed E-state index contributed by atoms with van der Waals surface area (Å²) in [5.74, 6) is -1.34. The molecular formula is C35H41N3O5S. The number of aliphatic hydroxyl groups excluding tert-OH is 1. The molecule has 0 radical (unpaired) electrons. The van der Waals surface area contributed by atoms with Gasteiger partial charge in [0.1, 0.15) is 11.8 Å². The number of carbonyl (C=O) groups excluding carboxylic acids is 3. The summed E-state index contributed by atoms with van der Waals surface area (Å²) in [5.41, 5.74) is 1.28. The molecule has 3 saturated heterocycles. The first kappa shape index (κ1) is 30.5. The topological polar surface area (TPSA) is 108 Å². The quantitative estimate of drug-likeness (QED) is 0.270. The van der Waals surface area contributed by atoms with E-state index in [0.717, 1.165) is 17.2 Å². The summed E-state index contributed by atoms with van der Waals surface area (Å²) >= 11 is 1.63. The maximum atomic E-state index is 14.6. The third-order valence-corrected chi connectivity index (χ3v) is 12.0. The van der Waals surface area contributed by atoms with Crippen molar-refractivity contribution in [1.29, 1.82) is 0 Å². The van der Waals surface area contributed by atoms with Crippen molar-refractivity contribution in [1.82, 2.24) is 4.90 Å². The summed E-state index contributed by atoms with van der Waals surface area (Å²) in [4.78, 5) is 44.7. The molecule has 3 aromatic rings. The lowest BCUT2D eigenvalue weighted by molar-refractivity contribution is -0.142. The van der Waals surface area contributed by atoms with Crippen LogP contribution in [0.4, 0.5) is 11.4 Å². The number of hydrogen-bond acceptors (Lipinski definition) is 6. The second kappa shape index (κ2) is 11.7. The highest BCUT2D eigenvalue weighted by molar-refractivity contribution is 8.02. The molecule has 2 bridgehead atoms. The van der Waals surface area contributed by atoms with Crippen molar-refractivity contribution < 1.29 is 24.2 Å². The molecule has 44 heavy (non-hydrogen) atoms. The number of aliphatic hydroxyl groups is 1. The molecule has 3 amide bonds. The van der Waals surface area contributed by atoms with Crippen LogP contribution in [-0.4, -0.2) is 62.5 Å². The average Bonchev–Trinajstić information content (AvgIpc) is 3.59. The van der Waals surface area contributed by atoms with Crippen molar-refractivity contribution in [2.75, 3.05) is 23.8 Å². The van der Waals surface area contributed by atoms with Gasteiger partial charge in [0.15, 0.2) is 0 Å². The van der Waals surface area contributed by atoms with E-state index in [0.29, 0.717) is 36.6 Å². The predicted octanol–water partition coefficient (Wildman–Crippen LogP) is 5.70. The zero-order valence-corrected chi connectivity index (χ0v) is 26.5. The van der Waals surface area contributed by atoms with Crippen LogP contribution in [0.1, 0.15) is 47.0 Å². The van der Waals surface area contributed by atoms with Crippen molar-refractivity contribution >= 4 is 51.6 Å². The average molecular weight is 616 g/mol. The zero-order valence-electron chi connectivity index (χ0n) is 25.7. The lowest BCUT2D eigenvalue weighted by Crippen LogP contribution is -2.56. The number of nitrogens with zero attached hydrogens (tertiary/aromatic N) is 1. The second-order valence-corrected chi connectivity index (χ2v) is 14.5. The van der Waals surface area contributed by atoms with Crippen molar-refractivity contribution in [3.05, 3.63) is 66.7 Å². The molecule has 0 aromatic heterocycles. The number of fused-ring (bicyclic) bond motifs is 2. The van der Waals surface area contributed by atoms with Crippen molar-refractivity contribution in [3.8, 4) is 5.75 Å². The van der Waals surface area contributed by atoms with Crippen LogP contribution in [-0.2, 0) is 14.4 Å². The Morgan fingerprint density at radius 1 is 1.00 bits per heavy atom. The highest BCUT2D eigenvalue weighted by Crippen LogP contribution is 2.71. The Labute approximate surface area is 262 Å². The zero-order chi connectivity index (χ0) is 31.2. The van der Waals surface area contributed by atoms with Crippen LogP contribution >= 0.6 is 11.8 Å². The third kappa shape index (κ3) is 4.94. The van der Waals surface area contributed by atoms with Gasteiger partial charge in [0.25, 0.3) is 0 Å². The van der Waals surface area contributed by atoms with Gasteiger partial charge in [0, 0.05) is 16.1 Å². The number of carbonyl (C=O) groups is 3. The van der Waals surface area contributed by atoms with Crippen LogP contribution in [0.3, 0.4) is 0 Å². The number of ether oxygens (including phenoxy) is 1. The first-order chi connectivity index (χ1) is 21.2. The van der Waals surface area contributed by atoms with E-state index in [2.05, 4.69) is 17.6 Å². The van der Waals surface area contributed by atoms with E-state index < -0.39 is 33.4 Å². The minimum Gasteiger partial charge on any atom is -0.494 e. The molecule has 2 unspecified atom stereocenters. The molecule has 0 aliphatic carbocycles. The van der Waals surface area contributed by atoms with Gasteiger partial charge in [-0.1, -0.05) is 50.6 Å². The van der Waals surface area contributed by atoms with Gasteiger partial charge in [0.2, 0.25) is 17.7 Å². The summed E-state index contributed by atoms with van der Waals surface area (Å²) in [6.45, 7) is 8.28. The fraction of sp³-hybridized carbons (Fsp3) is 0.457. The van der Waals surface area contributed by atoms with Gasteiger partial charge in [0.05, 0.1) is 35.8 Å².